The van der Waals surface area contributed by atoms with Gasteiger partial charge in [0.15, 0.2) is 13.2 Å². The Labute approximate surface area is 253 Å². The lowest BCUT2D eigenvalue weighted by atomic mass is 10.1. The first-order valence-electron chi connectivity index (χ1n) is 12.0. The number of esters is 3. The molecule has 0 aliphatic carbocycles. The maximum absolute atomic E-state index is 13.6. The first-order chi connectivity index (χ1) is 21.3. The second-order valence-electron chi connectivity index (χ2n) is 9.29. The smallest absolute Gasteiger partial charge is 0.381 e. The van der Waals surface area contributed by atoms with Crippen molar-refractivity contribution in [3.63, 3.8) is 0 Å². The minimum absolute atomic E-state index is 0.224. The fourth-order valence-electron chi connectivity index (χ4n) is 2.78. The molecule has 0 saturated heterocycles. The van der Waals surface area contributed by atoms with Crippen LogP contribution in [0.25, 0.3) is 0 Å². The van der Waals surface area contributed by atoms with E-state index in [0.29, 0.717) is 0 Å². The van der Waals surface area contributed by atoms with Crippen LogP contribution in [0.5, 0.6) is 0 Å². The molecule has 7 nitrogen and oxygen atoms in total. The minimum atomic E-state index is -6.91. The molecule has 0 amide bonds. The number of hydrogen-bond donors (Lipinski definition) is 0. The molecule has 0 aromatic carbocycles. The zero-order chi connectivity index (χ0) is 38.3. The number of alkyl halides is 20. The summed E-state index contributed by atoms with van der Waals surface area (Å²) in [7, 11) is 0. The summed E-state index contributed by atoms with van der Waals surface area (Å²) < 4.78 is 270. The minimum Gasteiger partial charge on any atom is -0.464 e. The Morgan fingerprint density at radius 1 is 0.521 bits per heavy atom. The van der Waals surface area contributed by atoms with Crippen molar-refractivity contribution >= 4 is 17.9 Å². The summed E-state index contributed by atoms with van der Waals surface area (Å²) >= 11 is 0. The first kappa shape index (κ1) is 45.0. The monoisotopic (exact) mass is 761 g/mol. The molecule has 0 aromatic heterocycles. The number of carbonyl (C=O) groups excluding carboxylic acids is 3. The average Bonchev–Trinajstić information content (AvgIpc) is 2.89. The van der Waals surface area contributed by atoms with Crippen molar-refractivity contribution in [2.24, 2.45) is 0 Å². The van der Waals surface area contributed by atoms with Crippen LogP contribution in [0.15, 0.2) is 0 Å². The lowest BCUT2D eigenvalue weighted by Gasteiger charge is -2.32. The third-order valence-electron chi connectivity index (χ3n) is 5.37. The molecule has 0 bridgehead atoms. The number of ether oxygens (including phenoxy) is 3. The maximum atomic E-state index is 13.6. The molecule has 0 aliphatic heterocycles. The van der Waals surface area contributed by atoms with E-state index in [4.69, 9.17) is 0 Å². The molecule has 0 fully saturated rings. The molecule has 0 N–H and O–H groups in total. The van der Waals surface area contributed by atoms with Crippen molar-refractivity contribution in [3.8, 4) is 0 Å². The number of rotatable bonds is 21. The van der Waals surface area contributed by atoms with Gasteiger partial charge in [0.05, 0.1) is 32.7 Å². The molecule has 0 aromatic rings. The second kappa shape index (κ2) is 16.1. The third-order valence-corrected chi connectivity index (χ3v) is 5.37. The van der Waals surface area contributed by atoms with Crippen molar-refractivity contribution in [2.45, 2.75) is 73.6 Å². The summed E-state index contributed by atoms with van der Waals surface area (Å²) in [4.78, 5) is 35.3. The zero-order valence-electron chi connectivity index (χ0n) is 22.8. The van der Waals surface area contributed by atoms with Gasteiger partial charge in [-0.25, -0.2) is 35.1 Å². The van der Waals surface area contributed by atoms with Crippen LogP contribution in [-0.4, -0.2) is 123 Å². The topological polar surface area (TPSA) is 82.1 Å². The van der Waals surface area contributed by atoms with Crippen LogP contribution >= 0.6 is 0 Å². The quantitative estimate of drug-likeness (QED) is 0.0815. The van der Waals surface area contributed by atoms with E-state index in [0.717, 1.165) is 0 Å². The van der Waals surface area contributed by atoms with Crippen LogP contribution in [0, 0.1) is 0 Å². The number of nitrogens with zero attached hydrogens (tertiary/aromatic N) is 1. The number of hydrogen-bond acceptors (Lipinski definition) is 7. The van der Waals surface area contributed by atoms with Gasteiger partial charge in [-0.3, -0.25) is 19.3 Å². The Bertz CT molecular complexity index is 1020. The maximum Gasteiger partial charge on any atom is 0.381 e. The lowest BCUT2D eigenvalue weighted by Crippen LogP contribution is -2.59. The van der Waals surface area contributed by atoms with E-state index in [2.05, 4.69) is 14.2 Å². The van der Waals surface area contributed by atoms with Gasteiger partial charge in [-0.05, 0) is 0 Å². The summed E-state index contributed by atoms with van der Waals surface area (Å²) in [6, 6.07) is 0. The Kier molecular flexibility index (Phi) is 15.1. The van der Waals surface area contributed by atoms with Gasteiger partial charge in [0.1, 0.15) is 0 Å². The van der Waals surface area contributed by atoms with Gasteiger partial charge >= 0.3 is 66.3 Å². The highest BCUT2D eigenvalue weighted by atomic mass is 19.4. The molecule has 0 heterocycles. The van der Waals surface area contributed by atoms with Gasteiger partial charge in [-0.2, -0.15) is 52.7 Å². The van der Waals surface area contributed by atoms with E-state index >= 15 is 0 Å². The molecule has 48 heavy (non-hydrogen) atoms. The van der Waals surface area contributed by atoms with Gasteiger partial charge in [-0.15, -0.1) is 0 Å². The molecule has 27 heteroatoms. The van der Waals surface area contributed by atoms with E-state index in [1.54, 1.807) is 0 Å². The molecular weight excluding hydrogens is 742 g/mol. The molecule has 0 radical (unpaired) electrons. The van der Waals surface area contributed by atoms with Crippen LogP contribution in [0.2, 0.25) is 0 Å². The third kappa shape index (κ3) is 11.5. The van der Waals surface area contributed by atoms with Gasteiger partial charge in [0, 0.05) is 6.42 Å². The summed E-state index contributed by atoms with van der Waals surface area (Å²) in [5.41, 5.74) is 0. The Balaban J connectivity index is 5.81. The van der Waals surface area contributed by atoms with Gasteiger partial charge in [0.25, 0.3) is 5.92 Å². The number of halogens is 20. The normalized spacial score (nSPS) is 14.2. The molecule has 0 saturated carbocycles. The van der Waals surface area contributed by atoms with Crippen LogP contribution in [0.3, 0.4) is 0 Å². The Morgan fingerprint density at radius 3 is 1.12 bits per heavy atom. The molecule has 0 rings (SSSR count). The highest BCUT2D eigenvalue weighted by Gasteiger charge is 2.76. The van der Waals surface area contributed by atoms with Gasteiger partial charge in [-0.1, -0.05) is 0 Å². The van der Waals surface area contributed by atoms with Crippen LogP contribution in [0.1, 0.15) is 12.8 Å². The van der Waals surface area contributed by atoms with Crippen molar-refractivity contribution in [3.05, 3.63) is 0 Å². The van der Waals surface area contributed by atoms with Crippen molar-refractivity contribution in [1.82, 2.24) is 4.90 Å². The Hall–Kier alpha value is -3.03. The van der Waals surface area contributed by atoms with Crippen molar-refractivity contribution < 1.29 is 116 Å². The molecule has 284 valence electrons. The summed E-state index contributed by atoms with van der Waals surface area (Å²) in [5, 5.41) is 0. The standard InChI is InChI=1S/C21H19F20NO6/c22-9(23)3-15(28,29)1-2-46-10(43)4-42(5-11(44)47-7-16(30,31)20(38,39)18(34,35)13(24)25)6-12(45)48-8-17(32,33)21(40,41)19(36,37)14(26)27/h9,13-14H,1-8H2. The zero-order valence-corrected chi connectivity index (χ0v) is 22.8. The summed E-state index contributed by atoms with van der Waals surface area (Å²) in [6.45, 7) is -13.3. The van der Waals surface area contributed by atoms with Crippen LogP contribution in [-0.2, 0) is 28.6 Å². The van der Waals surface area contributed by atoms with E-state index in [9.17, 15) is 102 Å². The van der Waals surface area contributed by atoms with Crippen LogP contribution in [0.4, 0.5) is 87.8 Å². The van der Waals surface area contributed by atoms with Crippen LogP contribution < -0.4 is 0 Å². The van der Waals surface area contributed by atoms with Crippen molar-refractivity contribution in [1.29, 1.82) is 0 Å². The second-order valence-corrected chi connectivity index (χ2v) is 9.29. The van der Waals surface area contributed by atoms with Crippen molar-refractivity contribution in [2.75, 3.05) is 39.5 Å². The molecule has 0 spiro atoms. The van der Waals surface area contributed by atoms with E-state index in [1.165, 1.54) is 0 Å². The molecule has 0 aliphatic rings. The average molecular weight is 761 g/mol. The largest absolute Gasteiger partial charge is 0.464 e. The summed E-state index contributed by atoms with van der Waals surface area (Å²) in [5.74, 6) is -50.7. The highest BCUT2D eigenvalue weighted by molar-refractivity contribution is 5.78. The van der Waals surface area contributed by atoms with E-state index in [1.807, 2.05) is 0 Å². The van der Waals surface area contributed by atoms with E-state index in [-0.39, 0.29) is 4.90 Å². The highest BCUT2D eigenvalue weighted by Crippen LogP contribution is 2.49. The molecule has 0 atom stereocenters. The van der Waals surface area contributed by atoms with Gasteiger partial charge in [0.2, 0.25) is 6.43 Å². The fourth-order valence-corrected chi connectivity index (χ4v) is 2.78. The Morgan fingerprint density at radius 2 is 0.833 bits per heavy atom. The van der Waals surface area contributed by atoms with E-state index < -0.39 is 131 Å². The predicted molar refractivity (Wildman–Crippen MR) is 111 cm³/mol. The lowest BCUT2D eigenvalue weighted by molar-refractivity contribution is -0.344. The summed E-state index contributed by atoms with van der Waals surface area (Å²) in [6.07, 6.45) is -18.0. The SMILES string of the molecule is O=C(CN(CC(=O)OCC(F)(F)C(F)(F)C(F)(F)C(F)F)CC(=O)OCC(F)(F)C(F)(F)C(F)(F)C(F)F)OCCC(F)(F)CC(F)F. The number of carbonyl (C=O) groups is 3. The molecular formula is C21H19F20NO6. The molecule has 0 unspecified atom stereocenters. The first-order valence-corrected chi connectivity index (χ1v) is 12.0. The predicted octanol–water partition coefficient (Wildman–Crippen LogP) is 5.94. The van der Waals surface area contributed by atoms with Gasteiger partial charge < -0.3 is 14.2 Å². The fraction of sp³-hybridized carbons (Fsp3) is 0.857.